The zero-order chi connectivity index (χ0) is 11.9. The van der Waals surface area contributed by atoms with Gasteiger partial charge in [0.1, 0.15) is 0 Å². The number of methoxy groups -OCH3 is 1. The van der Waals surface area contributed by atoms with Crippen molar-refractivity contribution in [2.24, 2.45) is 0 Å². The third-order valence-corrected chi connectivity index (χ3v) is 2.43. The fourth-order valence-electron chi connectivity index (χ4n) is 0.899. The Balaban J connectivity index is 3.86. The van der Waals surface area contributed by atoms with Gasteiger partial charge in [-0.3, -0.25) is 9.69 Å². The first-order valence-electron chi connectivity index (χ1n) is 5.01. The average Bonchev–Trinajstić information content (AvgIpc) is 2.18. The Morgan fingerprint density at radius 3 is 2.60 bits per heavy atom. The minimum atomic E-state index is -0.376. The lowest BCUT2D eigenvalue weighted by atomic mass is 10.1. The second kappa shape index (κ2) is 6.76. The first-order valence-corrected chi connectivity index (χ1v) is 5.01. The van der Waals surface area contributed by atoms with Gasteiger partial charge >= 0.3 is 0 Å². The molecule has 90 valence electrons. The summed E-state index contributed by atoms with van der Waals surface area (Å²) in [6, 6.07) is 0. The molecule has 5 nitrogen and oxygen atoms in total. The summed E-state index contributed by atoms with van der Waals surface area (Å²) < 4.78 is 4.82. The molecular formula is C10H22N2O3. The largest absolute Gasteiger partial charge is 0.394 e. The molecular weight excluding hydrogens is 196 g/mol. The maximum absolute atomic E-state index is 11.4. The molecule has 0 bridgehead atoms. The van der Waals surface area contributed by atoms with Crippen LogP contribution in [0.15, 0.2) is 0 Å². The molecule has 0 aliphatic carbocycles. The van der Waals surface area contributed by atoms with E-state index >= 15 is 0 Å². The summed E-state index contributed by atoms with van der Waals surface area (Å²) in [4.78, 5) is 13.2. The molecule has 0 saturated carbocycles. The number of ether oxygens (including phenoxy) is 1. The van der Waals surface area contributed by atoms with E-state index in [-0.39, 0.29) is 24.6 Å². The van der Waals surface area contributed by atoms with Gasteiger partial charge in [-0.1, -0.05) is 0 Å². The molecule has 0 atom stereocenters. The van der Waals surface area contributed by atoms with Gasteiger partial charge in [0, 0.05) is 19.2 Å². The van der Waals surface area contributed by atoms with Crippen LogP contribution in [0.5, 0.6) is 0 Å². The van der Waals surface area contributed by atoms with Gasteiger partial charge in [0.05, 0.1) is 19.8 Å². The van der Waals surface area contributed by atoms with Gasteiger partial charge in [-0.15, -0.1) is 0 Å². The number of carbonyl (C=O) groups excluding carboxylic acids is 1. The molecule has 0 fully saturated rings. The molecule has 0 heterocycles. The van der Waals surface area contributed by atoms with Gasteiger partial charge in [0.2, 0.25) is 5.91 Å². The van der Waals surface area contributed by atoms with Crippen LogP contribution in [0.2, 0.25) is 0 Å². The molecule has 0 aromatic heterocycles. The molecule has 2 N–H and O–H groups in total. The minimum absolute atomic E-state index is 0.0227. The lowest BCUT2D eigenvalue weighted by Gasteiger charge is -2.33. The smallest absolute Gasteiger partial charge is 0.234 e. The number of nitrogens with one attached hydrogen (secondary N) is 1. The second-order valence-electron chi connectivity index (χ2n) is 4.17. The highest BCUT2D eigenvalue weighted by molar-refractivity contribution is 5.78. The van der Waals surface area contributed by atoms with Crippen LogP contribution in [0.4, 0.5) is 0 Å². The molecule has 0 aliphatic heterocycles. The first-order chi connectivity index (χ1) is 6.94. The molecule has 0 aliphatic rings. The molecule has 1 amide bonds. The Kier molecular flexibility index (Phi) is 6.47. The molecule has 0 aromatic carbocycles. The number of hydrogen-bond acceptors (Lipinski definition) is 4. The Hall–Kier alpha value is -0.650. The number of carbonyl (C=O) groups is 1. The first kappa shape index (κ1) is 14.3. The van der Waals surface area contributed by atoms with Crippen molar-refractivity contribution >= 4 is 5.91 Å². The van der Waals surface area contributed by atoms with Crippen molar-refractivity contribution in [3.8, 4) is 0 Å². The maximum atomic E-state index is 11.4. The summed E-state index contributed by atoms with van der Waals surface area (Å²) in [6.07, 6.45) is 0. The van der Waals surface area contributed by atoms with Crippen LogP contribution in [0.25, 0.3) is 0 Å². The average molecular weight is 218 g/mol. The summed E-state index contributed by atoms with van der Waals surface area (Å²) in [5, 5.41) is 11.8. The number of hydrogen-bond donors (Lipinski definition) is 2. The molecule has 0 aromatic rings. The number of nitrogens with zero attached hydrogens (tertiary/aromatic N) is 1. The third-order valence-electron chi connectivity index (χ3n) is 2.43. The van der Waals surface area contributed by atoms with Gasteiger partial charge in [0.15, 0.2) is 0 Å². The predicted octanol–water partition coefficient (Wildman–Crippen LogP) is -0.548. The second-order valence-corrected chi connectivity index (χ2v) is 4.17. The number of likely N-dealkylation sites (N-methyl/N-ethyl adjacent to an activating group) is 1. The third kappa shape index (κ3) is 5.71. The Morgan fingerprint density at radius 1 is 1.53 bits per heavy atom. The van der Waals surface area contributed by atoms with Gasteiger partial charge in [-0.2, -0.15) is 0 Å². The Morgan fingerprint density at radius 2 is 2.13 bits per heavy atom. The van der Waals surface area contributed by atoms with E-state index in [9.17, 15) is 4.79 Å². The van der Waals surface area contributed by atoms with Gasteiger partial charge in [-0.05, 0) is 20.9 Å². The number of amides is 1. The van der Waals surface area contributed by atoms with Crippen LogP contribution in [-0.4, -0.2) is 61.9 Å². The zero-order valence-electron chi connectivity index (χ0n) is 10.0. The van der Waals surface area contributed by atoms with E-state index in [4.69, 9.17) is 9.84 Å². The number of aliphatic hydroxyl groups is 1. The molecule has 0 rings (SSSR count). The van der Waals surface area contributed by atoms with Crippen molar-refractivity contribution in [2.75, 3.05) is 40.5 Å². The van der Waals surface area contributed by atoms with Crippen molar-refractivity contribution in [3.05, 3.63) is 0 Å². The van der Waals surface area contributed by atoms with Gasteiger partial charge < -0.3 is 15.2 Å². The highest BCUT2D eigenvalue weighted by atomic mass is 16.5. The van der Waals surface area contributed by atoms with E-state index in [2.05, 4.69) is 5.32 Å². The molecule has 0 unspecified atom stereocenters. The van der Waals surface area contributed by atoms with Crippen LogP contribution >= 0.6 is 0 Å². The van der Waals surface area contributed by atoms with Gasteiger partial charge in [0.25, 0.3) is 0 Å². The Bertz CT molecular complexity index is 195. The Labute approximate surface area is 91.4 Å². The van der Waals surface area contributed by atoms with E-state index < -0.39 is 0 Å². The fraction of sp³-hybridized carbons (Fsp3) is 0.900. The highest BCUT2D eigenvalue weighted by Crippen LogP contribution is 2.09. The maximum Gasteiger partial charge on any atom is 0.234 e. The van der Waals surface area contributed by atoms with Crippen LogP contribution in [-0.2, 0) is 9.53 Å². The van der Waals surface area contributed by atoms with E-state index in [1.165, 1.54) is 0 Å². The van der Waals surface area contributed by atoms with E-state index in [1.54, 1.807) is 7.11 Å². The summed E-state index contributed by atoms with van der Waals surface area (Å²) in [5.41, 5.74) is -0.376. The number of rotatable bonds is 7. The zero-order valence-corrected chi connectivity index (χ0v) is 10.0. The van der Waals surface area contributed by atoms with Crippen LogP contribution < -0.4 is 5.32 Å². The highest BCUT2D eigenvalue weighted by Gasteiger charge is 2.23. The molecule has 5 heteroatoms. The van der Waals surface area contributed by atoms with Crippen molar-refractivity contribution in [2.45, 2.75) is 19.4 Å². The summed E-state index contributed by atoms with van der Waals surface area (Å²) in [5.74, 6) is -0.0592. The summed E-state index contributed by atoms with van der Waals surface area (Å²) in [7, 11) is 3.40. The fourth-order valence-corrected chi connectivity index (χ4v) is 0.899. The molecule has 0 spiro atoms. The van der Waals surface area contributed by atoms with E-state index in [0.29, 0.717) is 13.2 Å². The molecule has 15 heavy (non-hydrogen) atoms. The number of aliphatic hydroxyl groups excluding tert-OH is 1. The minimum Gasteiger partial charge on any atom is -0.394 e. The topological polar surface area (TPSA) is 61.8 Å². The van der Waals surface area contributed by atoms with Crippen molar-refractivity contribution in [3.63, 3.8) is 0 Å². The summed E-state index contributed by atoms with van der Waals surface area (Å²) >= 11 is 0. The normalized spacial score (nSPS) is 11.9. The van der Waals surface area contributed by atoms with E-state index in [0.717, 1.165) is 0 Å². The quantitative estimate of drug-likeness (QED) is 0.563. The standard InChI is InChI=1S/C10H22N2O3/c1-10(2,8-13)12(3)7-9(14)11-5-6-15-4/h13H,5-8H2,1-4H3,(H,11,14). The molecule has 0 radical (unpaired) electrons. The van der Waals surface area contributed by atoms with Crippen LogP contribution in [0.1, 0.15) is 13.8 Å². The van der Waals surface area contributed by atoms with Crippen molar-refractivity contribution in [1.29, 1.82) is 0 Å². The lowest BCUT2D eigenvalue weighted by molar-refractivity contribution is -0.123. The van der Waals surface area contributed by atoms with E-state index in [1.807, 2.05) is 25.8 Å². The van der Waals surface area contributed by atoms with Crippen molar-refractivity contribution in [1.82, 2.24) is 10.2 Å². The van der Waals surface area contributed by atoms with Crippen LogP contribution in [0.3, 0.4) is 0 Å². The monoisotopic (exact) mass is 218 g/mol. The predicted molar refractivity (Wildman–Crippen MR) is 58.7 cm³/mol. The van der Waals surface area contributed by atoms with Gasteiger partial charge in [-0.25, -0.2) is 0 Å². The summed E-state index contributed by atoms with van der Waals surface area (Å²) in [6.45, 7) is 5.10. The SMILES string of the molecule is COCCNC(=O)CN(C)C(C)(C)CO. The van der Waals surface area contributed by atoms with Crippen LogP contribution in [0, 0.1) is 0 Å². The van der Waals surface area contributed by atoms with Crippen molar-refractivity contribution < 1.29 is 14.6 Å². The lowest BCUT2D eigenvalue weighted by Crippen LogP contribution is -2.49. The molecule has 0 saturated heterocycles.